The van der Waals surface area contributed by atoms with E-state index in [0.717, 1.165) is 77.3 Å². The maximum Gasteiger partial charge on any atom is 0.147 e. The van der Waals surface area contributed by atoms with E-state index < -0.39 is 6.23 Å². The third-order valence-corrected chi connectivity index (χ3v) is 8.37. The number of aromatic nitrogens is 4. The lowest BCUT2D eigenvalue weighted by molar-refractivity contribution is 0.0266. The number of aliphatic hydroxyl groups is 1. The molecule has 2 aliphatic carbocycles. The number of nitrogens with one attached hydrogen (secondary N) is 1. The molecular weight excluding hydrogens is 438 g/mol. The van der Waals surface area contributed by atoms with Crippen molar-refractivity contribution in [2.24, 2.45) is 5.92 Å². The number of methoxy groups -OCH3 is 1. The van der Waals surface area contributed by atoms with Crippen molar-refractivity contribution in [3.05, 3.63) is 59.4 Å². The summed E-state index contributed by atoms with van der Waals surface area (Å²) in [6, 6.07) is 12.7. The van der Waals surface area contributed by atoms with E-state index in [2.05, 4.69) is 45.4 Å². The largest absolute Gasteiger partial charge is 0.494 e. The van der Waals surface area contributed by atoms with E-state index in [0.29, 0.717) is 5.92 Å². The van der Waals surface area contributed by atoms with Crippen LogP contribution in [0.2, 0.25) is 0 Å². The van der Waals surface area contributed by atoms with E-state index in [9.17, 15) is 5.11 Å². The highest BCUT2D eigenvalue weighted by molar-refractivity contribution is 5.93. The maximum atomic E-state index is 9.99. The molecule has 2 N–H and O–H groups in total. The second-order valence-electron chi connectivity index (χ2n) is 10.4. The second-order valence-corrected chi connectivity index (χ2v) is 10.4. The molecule has 7 rings (SSSR count). The monoisotopic (exact) mass is 467 g/mol. The molecule has 178 valence electrons. The number of hydrogen-bond donors (Lipinski definition) is 2. The van der Waals surface area contributed by atoms with E-state index in [1.54, 1.807) is 7.11 Å². The van der Waals surface area contributed by atoms with Crippen molar-refractivity contribution in [2.45, 2.75) is 44.2 Å². The average Bonchev–Trinajstić information content (AvgIpc) is 3.27. The number of piperidine rings is 1. The Morgan fingerprint density at radius 3 is 2.89 bits per heavy atom. The first-order valence-corrected chi connectivity index (χ1v) is 12.5. The lowest BCUT2D eigenvalue weighted by Crippen LogP contribution is -2.34. The molecule has 1 aromatic carbocycles. The van der Waals surface area contributed by atoms with Gasteiger partial charge in [0.25, 0.3) is 0 Å². The molecular formula is C28H29N5O2. The first kappa shape index (κ1) is 21.0. The molecule has 0 radical (unpaired) electrons. The Labute approximate surface area is 204 Å². The molecule has 4 aromatic rings. The number of H-pyrrole nitrogens is 1. The highest BCUT2D eigenvalue weighted by atomic mass is 16.5. The minimum atomic E-state index is -0.405. The van der Waals surface area contributed by atoms with Gasteiger partial charge in [0.2, 0.25) is 0 Å². The summed E-state index contributed by atoms with van der Waals surface area (Å²) in [5, 5.41) is 17.7. The summed E-state index contributed by atoms with van der Waals surface area (Å²) in [6.45, 7) is 3.67. The molecule has 7 nitrogen and oxygen atoms in total. The van der Waals surface area contributed by atoms with Crippen LogP contribution in [0, 0.1) is 5.92 Å². The van der Waals surface area contributed by atoms with Gasteiger partial charge >= 0.3 is 0 Å². The Bertz CT molecular complexity index is 1440. The number of pyridine rings is 2. The fourth-order valence-electron chi connectivity index (χ4n) is 6.35. The number of aliphatic hydroxyl groups excluding tert-OH is 1. The van der Waals surface area contributed by atoms with Crippen LogP contribution in [0.4, 0.5) is 0 Å². The van der Waals surface area contributed by atoms with Crippen LogP contribution >= 0.6 is 0 Å². The maximum absolute atomic E-state index is 9.99. The van der Waals surface area contributed by atoms with Crippen LogP contribution in [0.5, 0.6) is 5.75 Å². The van der Waals surface area contributed by atoms with Gasteiger partial charge in [0.15, 0.2) is 0 Å². The SMILES string of the molecule is COc1cc2[nH]nc(-c3ccc(C45CC4CN(C(C)O)C5)nc3)c2nc1-c1cccc2c1CCC2. The molecule has 0 spiro atoms. The van der Waals surface area contributed by atoms with Crippen LogP contribution in [0.3, 0.4) is 0 Å². The molecule has 0 bridgehead atoms. The van der Waals surface area contributed by atoms with E-state index in [4.69, 9.17) is 14.7 Å². The molecule has 3 aliphatic rings. The lowest BCUT2D eigenvalue weighted by atomic mass is 9.99. The topological polar surface area (TPSA) is 87.2 Å². The second kappa shape index (κ2) is 7.60. The van der Waals surface area contributed by atoms with Crippen LogP contribution in [-0.2, 0) is 18.3 Å². The third kappa shape index (κ3) is 3.15. The van der Waals surface area contributed by atoms with Crippen molar-refractivity contribution in [1.29, 1.82) is 0 Å². The molecule has 3 unspecified atom stereocenters. The van der Waals surface area contributed by atoms with E-state index >= 15 is 0 Å². The van der Waals surface area contributed by atoms with Crippen LogP contribution in [0.1, 0.15) is 36.6 Å². The van der Waals surface area contributed by atoms with Crippen molar-refractivity contribution in [3.8, 4) is 28.3 Å². The van der Waals surface area contributed by atoms with Gasteiger partial charge < -0.3 is 9.84 Å². The first-order chi connectivity index (χ1) is 17.1. The highest BCUT2D eigenvalue weighted by Gasteiger charge is 2.62. The quantitative estimate of drug-likeness (QED) is 0.460. The number of nitrogens with zero attached hydrogens (tertiary/aromatic N) is 4. The smallest absolute Gasteiger partial charge is 0.147 e. The molecule has 4 heterocycles. The Balaban J connectivity index is 1.27. The third-order valence-electron chi connectivity index (χ3n) is 8.37. The highest BCUT2D eigenvalue weighted by Crippen LogP contribution is 2.58. The molecule has 0 amide bonds. The predicted octanol–water partition coefficient (Wildman–Crippen LogP) is 4.10. The Morgan fingerprint density at radius 2 is 2.11 bits per heavy atom. The van der Waals surface area contributed by atoms with E-state index in [1.165, 1.54) is 17.5 Å². The van der Waals surface area contributed by atoms with Crippen molar-refractivity contribution in [1.82, 2.24) is 25.1 Å². The molecule has 7 heteroatoms. The lowest BCUT2D eigenvalue weighted by Gasteiger charge is -2.23. The predicted molar refractivity (Wildman–Crippen MR) is 134 cm³/mol. The van der Waals surface area contributed by atoms with Crippen LogP contribution in [0.15, 0.2) is 42.6 Å². The zero-order chi connectivity index (χ0) is 23.7. The zero-order valence-corrected chi connectivity index (χ0v) is 20.1. The molecule has 2 fully saturated rings. The summed E-state index contributed by atoms with van der Waals surface area (Å²) < 4.78 is 5.75. The van der Waals surface area contributed by atoms with Gasteiger partial charge in [-0.15, -0.1) is 0 Å². The molecule has 1 saturated heterocycles. The number of aryl methyl sites for hydroxylation is 1. The zero-order valence-electron chi connectivity index (χ0n) is 20.1. The van der Waals surface area contributed by atoms with Crippen molar-refractivity contribution in [3.63, 3.8) is 0 Å². The number of likely N-dealkylation sites (tertiary alicyclic amines) is 1. The van der Waals surface area contributed by atoms with E-state index in [-0.39, 0.29) is 5.41 Å². The van der Waals surface area contributed by atoms with Gasteiger partial charge in [-0.05, 0) is 61.8 Å². The molecule has 1 aliphatic heterocycles. The van der Waals surface area contributed by atoms with Gasteiger partial charge in [-0.2, -0.15) is 5.10 Å². The van der Waals surface area contributed by atoms with Gasteiger partial charge in [-0.25, -0.2) is 4.98 Å². The standard InChI is InChI=1S/C28H29N5O2/c1-16(34)33-14-19-12-28(19,15-33)24-10-9-18(13-29-24)25-27-22(31-32-25)11-23(35-2)26(30-27)21-8-4-6-17-5-3-7-20(17)21/h4,6,8-11,13,16,19,34H,3,5,7,12,14-15H2,1-2H3,(H,31,32). The van der Waals surface area contributed by atoms with Gasteiger partial charge in [-0.3, -0.25) is 15.0 Å². The number of fused-ring (bicyclic) bond motifs is 3. The minimum Gasteiger partial charge on any atom is -0.494 e. The van der Waals surface area contributed by atoms with Crippen molar-refractivity contribution >= 4 is 11.0 Å². The molecule has 1 saturated carbocycles. The normalized spacial score (nSPS) is 23.9. The summed E-state index contributed by atoms with van der Waals surface area (Å²) in [7, 11) is 1.70. The van der Waals surface area contributed by atoms with Crippen molar-refractivity contribution in [2.75, 3.05) is 20.2 Å². The van der Waals surface area contributed by atoms with Crippen LogP contribution < -0.4 is 4.74 Å². The van der Waals surface area contributed by atoms with Gasteiger partial charge in [-0.1, -0.05) is 18.2 Å². The van der Waals surface area contributed by atoms with Gasteiger partial charge in [0.1, 0.15) is 28.9 Å². The Kier molecular flexibility index (Phi) is 4.57. The number of rotatable bonds is 5. The Morgan fingerprint density at radius 1 is 1.20 bits per heavy atom. The Hall–Kier alpha value is -3.29. The summed E-state index contributed by atoms with van der Waals surface area (Å²) in [6.07, 6.45) is 6.06. The fourth-order valence-corrected chi connectivity index (χ4v) is 6.35. The van der Waals surface area contributed by atoms with Gasteiger partial charge in [0.05, 0.1) is 12.6 Å². The van der Waals surface area contributed by atoms with Crippen LogP contribution in [-0.4, -0.2) is 56.6 Å². The number of benzene rings is 1. The van der Waals surface area contributed by atoms with Crippen molar-refractivity contribution < 1.29 is 9.84 Å². The minimum absolute atomic E-state index is 0.0929. The summed E-state index contributed by atoms with van der Waals surface area (Å²) >= 11 is 0. The van der Waals surface area contributed by atoms with E-state index in [1.807, 2.05) is 19.2 Å². The number of aromatic amines is 1. The summed E-state index contributed by atoms with van der Waals surface area (Å²) in [4.78, 5) is 12.1. The van der Waals surface area contributed by atoms with Gasteiger partial charge in [0, 0.05) is 47.6 Å². The number of ether oxygens (including phenoxy) is 1. The summed E-state index contributed by atoms with van der Waals surface area (Å²) in [5.41, 5.74) is 9.46. The molecule has 3 aromatic heterocycles. The first-order valence-electron chi connectivity index (χ1n) is 12.5. The van der Waals surface area contributed by atoms with Crippen LogP contribution in [0.25, 0.3) is 33.5 Å². The molecule has 3 atom stereocenters. The fraction of sp³-hybridized carbons (Fsp3) is 0.393. The molecule has 35 heavy (non-hydrogen) atoms. The average molecular weight is 468 g/mol. The summed E-state index contributed by atoms with van der Waals surface area (Å²) in [5.74, 6) is 1.34. The number of hydrogen-bond acceptors (Lipinski definition) is 6.